The quantitative estimate of drug-likeness (QED) is 0.816. The molecule has 128 valence electrons. The lowest BCUT2D eigenvalue weighted by atomic mass is 10.1. The summed E-state index contributed by atoms with van der Waals surface area (Å²) in [5.41, 5.74) is 2.14. The van der Waals surface area contributed by atoms with E-state index in [-0.39, 0.29) is 5.91 Å². The van der Waals surface area contributed by atoms with E-state index in [4.69, 9.17) is 0 Å². The van der Waals surface area contributed by atoms with E-state index in [0.717, 1.165) is 22.9 Å². The number of benzene rings is 1. The standard InChI is InChI=1S/C20H27N3O/c1-16(23-13-3-4-14-23)10-11-20(24)22(2)15-17-7-5-9-19-18(17)8-6-12-21-19/h5-9,12,16H,3-4,10-11,13-15H2,1-2H3/t16-/m0/s1. The molecular weight excluding hydrogens is 298 g/mol. The second-order valence-corrected chi connectivity index (χ2v) is 6.87. The summed E-state index contributed by atoms with van der Waals surface area (Å²) in [6, 6.07) is 10.6. The van der Waals surface area contributed by atoms with Gasteiger partial charge in [-0.25, -0.2) is 0 Å². The zero-order chi connectivity index (χ0) is 16.9. The van der Waals surface area contributed by atoms with E-state index >= 15 is 0 Å². The molecule has 0 unspecified atom stereocenters. The second kappa shape index (κ2) is 7.75. The van der Waals surface area contributed by atoms with Crippen LogP contribution >= 0.6 is 0 Å². The van der Waals surface area contributed by atoms with Gasteiger partial charge in [0.25, 0.3) is 0 Å². The predicted octanol–water partition coefficient (Wildman–Crippen LogP) is 3.46. The highest BCUT2D eigenvalue weighted by Gasteiger charge is 2.19. The Labute approximate surface area is 144 Å². The first-order valence-electron chi connectivity index (χ1n) is 8.96. The van der Waals surface area contributed by atoms with Crippen molar-refractivity contribution in [2.75, 3.05) is 20.1 Å². The summed E-state index contributed by atoms with van der Waals surface area (Å²) < 4.78 is 0. The number of aromatic nitrogens is 1. The highest BCUT2D eigenvalue weighted by atomic mass is 16.2. The Morgan fingerprint density at radius 1 is 1.25 bits per heavy atom. The molecule has 0 N–H and O–H groups in total. The molecule has 1 aromatic heterocycles. The van der Waals surface area contributed by atoms with Crippen LogP contribution in [0.4, 0.5) is 0 Å². The maximum Gasteiger partial charge on any atom is 0.222 e. The molecular formula is C20H27N3O. The molecule has 0 saturated carbocycles. The Bertz CT molecular complexity index is 689. The molecule has 3 rings (SSSR count). The Hall–Kier alpha value is -1.94. The molecule has 1 aliphatic heterocycles. The number of fused-ring (bicyclic) bond motifs is 1. The summed E-state index contributed by atoms with van der Waals surface area (Å²) in [5, 5.41) is 1.13. The van der Waals surface area contributed by atoms with Crippen LogP contribution in [0, 0.1) is 0 Å². The van der Waals surface area contributed by atoms with Crippen LogP contribution in [0.3, 0.4) is 0 Å². The molecule has 1 amide bonds. The van der Waals surface area contributed by atoms with Gasteiger partial charge in [0.2, 0.25) is 5.91 Å². The molecule has 4 heteroatoms. The third-order valence-electron chi connectivity index (χ3n) is 5.11. The molecule has 1 fully saturated rings. The first-order valence-corrected chi connectivity index (χ1v) is 8.96. The van der Waals surface area contributed by atoms with Crippen molar-refractivity contribution in [2.45, 2.75) is 45.2 Å². The number of hydrogen-bond donors (Lipinski definition) is 0. The Balaban J connectivity index is 1.57. The van der Waals surface area contributed by atoms with Crippen LogP contribution in [-0.2, 0) is 11.3 Å². The highest BCUT2D eigenvalue weighted by molar-refractivity contribution is 5.83. The van der Waals surface area contributed by atoms with Gasteiger partial charge in [-0.1, -0.05) is 18.2 Å². The SMILES string of the molecule is C[C@@H](CCC(=O)N(C)Cc1cccc2ncccc12)N1CCCC1. The monoisotopic (exact) mass is 325 g/mol. The highest BCUT2D eigenvalue weighted by Crippen LogP contribution is 2.19. The van der Waals surface area contributed by atoms with Gasteiger partial charge in [-0.15, -0.1) is 0 Å². The number of nitrogens with zero attached hydrogens (tertiary/aromatic N) is 3. The van der Waals surface area contributed by atoms with Crippen molar-refractivity contribution in [3.05, 3.63) is 42.1 Å². The largest absolute Gasteiger partial charge is 0.341 e. The van der Waals surface area contributed by atoms with Crippen molar-refractivity contribution in [3.63, 3.8) is 0 Å². The van der Waals surface area contributed by atoms with Crippen molar-refractivity contribution in [1.29, 1.82) is 0 Å². The lowest BCUT2D eigenvalue weighted by Gasteiger charge is -2.24. The number of pyridine rings is 1. The Morgan fingerprint density at radius 3 is 2.83 bits per heavy atom. The van der Waals surface area contributed by atoms with Gasteiger partial charge < -0.3 is 9.80 Å². The maximum absolute atomic E-state index is 12.5. The van der Waals surface area contributed by atoms with Gasteiger partial charge in [0.1, 0.15) is 0 Å². The van der Waals surface area contributed by atoms with Crippen molar-refractivity contribution >= 4 is 16.8 Å². The van der Waals surface area contributed by atoms with E-state index in [9.17, 15) is 4.79 Å². The lowest BCUT2D eigenvalue weighted by molar-refractivity contribution is -0.130. The van der Waals surface area contributed by atoms with E-state index in [2.05, 4.69) is 28.9 Å². The average Bonchev–Trinajstić information content (AvgIpc) is 3.14. The molecule has 4 nitrogen and oxygen atoms in total. The molecule has 2 heterocycles. The first-order chi connectivity index (χ1) is 11.6. The van der Waals surface area contributed by atoms with Crippen LogP contribution in [0.1, 0.15) is 38.2 Å². The molecule has 24 heavy (non-hydrogen) atoms. The molecule has 0 aliphatic carbocycles. The Morgan fingerprint density at radius 2 is 2.04 bits per heavy atom. The van der Waals surface area contributed by atoms with E-state index < -0.39 is 0 Å². The predicted molar refractivity (Wildman–Crippen MR) is 97.7 cm³/mol. The third kappa shape index (κ3) is 3.93. The number of likely N-dealkylation sites (tertiary alicyclic amines) is 1. The molecule has 0 spiro atoms. The summed E-state index contributed by atoms with van der Waals surface area (Å²) in [4.78, 5) is 21.2. The Kier molecular flexibility index (Phi) is 5.46. The van der Waals surface area contributed by atoms with Gasteiger partial charge in [0, 0.05) is 37.6 Å². The minimum atomic E-state index is 0.224. The zero-order valence-electron chi connectivity index (χ0n) is 14.7. The van der Waals surface area contributed by atoms with Crippen molar-refractivity contribution < 1.29 is 4.79 Å². The van der Waals surface area contributed by atoms with E-state index in [1.54, 1.807) is 6.20 Å². The molecule has 1 atom stereocenters. The minimum absolute atomic E-state index is 0.224. The fourth-order valence-electron chi connectivity index (χ4n) is 3.54. The van der Waals surface area contributed by atoms with Gasteiger partial charge in [0.05, 0.1) is 5.52 Å². The summed E-state index contributed by atoms with van der Waals surface area (Å²) in [6.07, 6.45) is 5.97. The van der Waals surface area contributed by atoms with Crippen LogP contribution in [0.5, 0.6) is 0 Å². The van der Waals surface area contributed by atoms with Crippen LogP contribution in [0.2, 0.25) is 0 Å². The maximum atomic E-state index is 12.5. The summed E-state index contributed by atoms with van der Waals surface area (Å²) in [6.45, 7) is 5.26. The van der Waals surface area contributed by atoms with Crippen LogP contribution in [-0.4, -0.2) is 46.9 Å². The molecule has 1 aliphatic rings. The van der Waals surface area contributed by atoms with E-state index in [0.29, 0.717) is 19.0 Å². The van der Waals surface area contributed by atoms with Crippen LogP contribution in [0.15, 0.2) is 36.5 Å². The van der Waals surface area contributed by atoms with Crippen LogP contribution in [0.25, 0.3) is 10.9 Å². The van der Waals surface area contributed by atoms with Crippen molar-refractivity contribution in [1.82, 2.24) is 14.8 Å². The number of carbonyl (C=O) groups is 1. The van der Waals surface area contributed by atoms with Gasteiger partial charge in [0.15, 0.2) is 0 Å². The zero-order valence-corrected chi connectivity index (χ0v) is 14.7. The normalized spacial score (nSPS) is 16.4. The van der Waals surface area contributed by atoms with Crippen LogP contribution < -0.4 is 0 Å². The van der Waals surface area contributed by atoms with E-state index in [1.165, 1.54) is 25.9 Å². The third-order valence-corrected chi connectivity index (χ3v) is 5.11. The molecule has 2 aromatic rings. The number of amides is 1. The lowest BCUT2D eigenvalue weighted by Crippen LogP contribution is -2.32. The number of rotatable bonds is 6. The van der Waals surface area contributed by atoms with Gasteiger partial charge >= 0.3 is 0 Å². The molecule has 0 radical (unpaired) electrons. The summed E-state index contributed by atoms with van der Waals surface area (Å²) in [7, 11) is 1.90. The summed E-state index contributed by atoms with van der Waals surface area (Å²) >= 11 is 0. The van der Waals surface area contributed by atoms with Crippen molar-refractivity contribution in [2.24, 2.45) is 0 Å². The molecule has 1 saturated heterocycles. The fourth-order valence-corrected chi connectivity index (χ4v) is 3.54. The molecule has 1 aromatic carbocycles. The topological polar surface area (TPSA) is 36.4 Å². The smallest absolute Gasteiger partial charge is 0.222 e. The fraction of sp³-hybridized carbons (Fsp3) is 0.500. The van der Waals surface area contributed by atoms with Gasteiger partial charge in [-0.2, -0.15) is 0 Å². The number of hydrogen-bond acceptors (Lipinski definition) is 3. The second-order valence-electron chi connectivity index (χ2n) is 6.87. The summed E-state index contributed by atoms with van der Waals surface area (Å²) in [5.74, 6) is 0.224. The first kappa shape index (κ1) is 16.9. The van der Waals surface area contributed by atoms with E-state index in [1.807, 2.05) is 30.1 Å². The van der Waals surface area contributed by atoms with Crippen molar-refractivity contribution in [3.8, 4) is 0 Å². The van der Waals surface area contributed by atoms with Gasteiger partial charge in [-0.05, 0) is 57.0 Å². The van der Waals surface area contributed by atoms with Gasteiger partial charge in [-0.3, -0.25) is 9.78 Å². The average molecular weight is 325 g/mol. The minimum Gasteiger partial charge on any atom is -0.341 e. The number of carbonyl (C=O) groups excluding carboxylic acids is 1. The molecule has 0 bridgehead atoms.